The standard InChI is InChI=1S/C12H18ClNO2S/c1-4-10-6-7-12(8-11(10)9-13)17(15,16)14(3)5-2/h6-8H,4-5,9H2,1-3H3. The molecule has 1 aromatic rings. The fraction of sp³-hybridized carbons (Fsp3) is 0.500. The lowest BCUT2D eigenvalue weighted by Gasteiger charge is -2.16. The van der Waals surface area contributed by atoms with Crippen LogP contribution in [0.4, 0.5) is 0 Å². The van der Waals surface area contributed by atoms with Gasteiger partial charge < -0.3 is 0 Å². The molecular weight excluding hydrogens is 258 g/mol. The van der Waals surface area contributed by atoms with Gasteiger partial charge >= 0.3 is 0 Å². The molecule has 0 unspecified atom stereocenters. The molecular formula is C12H18ClNO2S. The third-order valence-corrected chi connectivity index (χ3v) is 5.07. The molecule has 0 spiro atoms. The first kappa shape index (κ1) is 14.5. The van der Waals surface area contributed by atoms with Crippen LogP contribution in [0.3, 0.4) is 0 Å². The molecule has 3 nitrogen and oxygen atoms in total. The van der Waals surface area contributed by atoms with Crippen molar-refractivity contribution in [1.82, 2.24) is 4.31 Å². The van der Waals surface area contributed by atoms with Crippen LogP contribution in [0.2, 0.25) is 0 Å². The second-order valence-electron chi connectivity index (χ2n) is 3.84. The quantitative estimate of drug-likeness (QED) is 0.775. The zero-order valence-corrected chi connectivity index (χ0v) is 12.0. The molecule has 96 valence electrons. The molecule has 1 rings (SSSR count). The lowest BCUT2D eigenvalue weighted by molar-refractivity contribution is 0.486. The molecule has 0 fully saturated rings. The predicted molar refractivity (Wildman–Crippen MR) is 70.9 cm³/mol. The molecule has 5 heteroatoms. The van der Waals surface area contributed by atoms with E-state index in [9.17, 15) is 8.42 Å². The third-order valence-electron chi connectivity index (χ3n) is 2.86. The van der Waals surface area contributed by atoms with Crippen molar-refractivity contribution < 1.29 is 8.42 Å². The Hall–Kier alpha value is -0.580. The molecule has 0 heterocycles. The summed E-state index contributed by atoms with van der Waals surface area (Å²) in [4.78, 5) is 0.315. The van der Waals surface area contributed by atoms with E-state index in [0.717, 1.165) is 17.5 Å². The van der Waals surface area contributed by atoms with Crippen molar-refractivity contribution in [3.63, 3.8) is 0 Å². The largest absolute Gasteiger partial charge is 0.242 e. The Bertz CT molecular complexity index is 485. The lowest BCUT2D eigenvalue weighted by Crippen LogP contribution is -2.26. The van der Waals surface area contributed by atoms with Gasteiger partial charge in [-0.25, -0.2) is 12.7 Å². The topological polar surface area (TPSA) is 37.4 Å². The molecule has 17 heavy (non-hydrogen) atoms. The highest BCUT2D eigenvalue weighted by atomic mass is 35.5. The highest BCUT2D eigenvalue weighted by molar-refractivity contribution is 7.89. The Balaban J connectivity index is 3.25. The number of sulfonamides is 1. The third kappa shape index (κ3) is 3.00. The van der Waals surface area contributed by atoms with Crippen LogP contribution < -0.4 is 0 Å². The average molecular weight is 276 g/mol. The van der Waals surface area contributed by atoms with Crippen molar-refractivity contribution in [3.8, 4) is 0 Å². The molecule has 0 aromatic heterocycles. The van der Waals surface area contributed by atoms with Crippen LogP contribution in [0.1, 0.15) is 25.0 Å². The summed E-state index contributed by atoms with van der Waals surface area (Å²) in [6.07, 6.45) is 0.853. The molecule has 0 aliphatic rings. The van der Waals surface area contributed by atoms with Crippen LogP contribution in [0.5, 0.6) is 0 Å². The van der Waals surface area contributed by atoms with Gasteiger partial charge in [-0.2, -0.15) is 0 Å². The zero-order valence-electron chi connectivity index (χ0n) is 10.4. The van der Waals surface area contributed by atoms with Gasteiger partial charge in [-0.15, -0.1) is 11.6 Å². The van der Waals surface area contributed by atoms with Crippen LogP contribution in [0, 0.1) is 0 Å². The molecule has 0 bridgehead atoms. The molecule has 0 N–H and O–H groups in total. The number of halogens is 1. The van der Waals surface area contributed by atoms with Crippen molar-refractivity contribution in [2.45, 2.75) is 31.0 Å². The first-order valence-electron chi connectivity index (χ1n) is 5.61. The van der Waals surface area contributed by atoms with Gasteiger partial charge in [0.05, 0.1) is 4.90 Å². The number of nitrogens with zero attached hydrogens (tertiary/aromatic N) is 1. The van der Waals surface area contributed by atoms with Crippen molar-refractivity contribution in [3.05, 3.63) is 29.3 Å². The summed E-state index contributed by atoms with van der Waals surface area (Å²) in [6.45, 7) is 4.28. The Kier molecular flexibility index (Phi) is 4.98. The minimum Gasteiger partial charge on any atom is -0.207 e. The van der Waals surface area contributed by atoms with Crippen LogP contribution in [0.25, 0.3) is 0 Å². The van der Waals surface area contributed by atoms with E-state index in [1.54, 1.807) is 26.1 Å². The van der Waals surface area contributed by atoms with Gasteiger partial charge in [-0.3, -0.25) is 0 Å². The monoisotopic (exact) mass is 275 g/mol. The van der Waals surface area contributed by atoms with Gasteiger partial charge in [-0.1, -0.05) is 19.9 Å². The molecule has 0 radical (unpaired) electrons. The Morgan fingerprint density at radius 2 is 1.88 bits per heavy atom. The molecule has 1 aromatic carbocycles. The van der Waals surface area contributed by atoms with E-state index in [4.69, 9.17) is 11.6 Å². The van der Waals surface area contributed by atoms with Gasteiger partial charge in [0.25, 0.3) is 0 Å². The highest BCUT2D eigenvalue weighted by Gasteiger charge is 2.19. The predicted octanol–water partition coefficient (Wildman–Crippen LogP) is 2.63. The summed E-state index contributed by atoms with van der Waals surface area (Å²) >= 11 is 5.84. The number of rotatable bonds is 5. The molecule has 0 amide bonds. The van der Waals surface area contributed by atoms with E-state index in [1.807, 2.05) is 13.0 Å². The molecule has 0 aliphatic heterocycles. The summed E-state index contributed by atoms with van der Waals surface area (Å²) in [5.74, 6) is 0.336. The minimum atomic E-state index is -3.37. The average Bonchev–Trinajstić information content (AvgIpc) is 2.36. The number of benzene rings is 1. The maximum absolute atomic E-state index is 12.1. The molecule has 0 atom stereocenters. The molecule has 0 saturated carbocycles. The smallest absolute Gasteiger partial charge is 0.207 e. The van der Waals surface area contributed by atoms with Gasteiger partial charge in [0.1, 0.15) is 0 Å². The van der Waals surface area contributed by atoms with E-state index in [2.05, 4.69) is 0 Å². The van der Waals surface area contributed by atoms with E-state index in [1.165, 1.54) is 4.31 Å². The lowest BCUT2D eigenvalue weighted by atomic mass is 10.1. The molecule has 0 saturated heterocycles. The van der Waals surface area contributed by atoms with E-state index < -0.39 is 10.0 Å². The van der Waals surface area contributed by atoms with E-state index in [-0.39, 0.29) is 0 Å². The van der Waals surface area contributed by atoms with Gasteiger partial charge in [-0.05, 0) is 29.7 Å². The Morgan fingerprint density at radius 1 is 1.24 bits per heavy atom. The van der Waals surface area contributed by atoms with Crippen molar-refractivity contribution in [2.75, 3.05) is 13.6 Å². The fourth-order valence-electron chi connectivity index (χ4n) is 1.58. The minimum absolute atomic E-state index is 0.315. The van der Waals surface area contributed by atoms with Crippen LogP contribution in [-0.2, 0) is 22.3 Å². The Labute approximate surface area is 108 Å². The zero-order chi connectivity index (χ0) is 13.1. The second kappa shape index (κ2) is 5.85. The van der Waals surface area contributed by atoms with E-state index in [0.29, 0.717) is 17.3 Å². The van der Waals surface area contributed by atoms with Crippen LogP contribution in [0.15, 0.2) is 23.1 Å². The highest BCUT2D eigenvalue weighted by Crippen LogP contribution is 2.20. The molecule has 0 aliphatic carbocycles. The van der Waals surface area contributed by atoms with Gasteiger partial charge in [0.2, 0.25) is 10.0 Å². The van der Waals surface area contributed by atoms with E-state index >= 15 is 0 Å². The number of alkyl halides is 1. The number of aryl methyl sites for hydroxylation is 1. The second-order valence-corrected chi connectivity index (χ2v) is 6.15. The first-order valence-corrected chi connectivity index (χ1v) is 7.58. The van der Waals surface area contributed by atoms with Gasteiger partial charge in [0.15, 0.2) is 0 Å². The first-order chi connectivity index (χ1) is 7.97. The van der Waals surface area contributed by atoms with Crippen molar-refractivity contribution in [1.29, 1.82) is 0 Å². The van der Waals surface area contributed by atoms with Crippen LogP contribution >= 0.6 is 11.6 Å². The normalized spacial score (nSPS) is 12.1. The summed E-state index contributed by atoms with van der Waals surface area (Å²) in [6, 6.07) is 5.16. The maximum atomic E-state index is 12.1. The van der Waals surface area contributed by atoms with Crippen molar-refractivity contribution in [2.24, 2.45) is 0 Å². The Morgan fingerprint density at radius 3 is 2.35 bits per heavy atom. The fourth-order valence-corrected chi connectivity index (χ4v) is 3.06. The number of hydrogen-bond donors (Lipinski definition) is 0. The summed E-state index contributed by atoms with van der Waals surface area (Å²) in [7, 11) is -1.80. The SMILES string of the molecule is CCc1ccc(S(=O)(=O)N(C)CC)cc1CCl. The summed E-state index contributed by atoms with van der Waals surface area (Å²) in [5.41, 5.74) is 1.98. The number of hydrogen-bond acceptors (Lipinski definition) is 2. The van der Waals surface area contributed by atoms with Gasteiger partial charge in [0, 0.05) is 19.5 Å². The maximum Gasteiger partial charge on any atom is 0.242 e. The van der Waals surface area contributed by atoms with Crippen molar-refractivity contribution >= 4 is 21.6 Å². The summed E-state index contributed by atoms with van der Waals surface area (Å²) in [5, 5.41) is 0. The summed E-state index contributed by atoms with van der Waals surface area (Å²) < 4.78 is 25.6. The van der Waals surface area contributed by atoms with Crippen LogP contribution in [-0.4, -0.2) is 26.3 Å².